The Balaban J connectivity index is 0.000000415. The number of aromatic nitrogens is 4. The van der Waals surface area contributed by atoms with Crippen LogP contribution in [-0.4, -0.2) is 9.97 Å². The minimum atomic E-state index is -10.7. The number of halogens is 13. The molecule has 6 rings (SSSR count). The van der Waals surface area contributed by atoms with E-state index in [-0.39, 0.29) is 0 Å². The summed E-state index contributed by atoms with van der Waals surface area (Å²) in [5.41, 5.74) is 9.47. The summed E-state index contributed by atoms with van der Waals surface area (Å²) in [6.45, 7) is 0.810. The molecule has 6 aromatic rings. The van der Waals surface area contributed by atoms with Crippen molar-refractivity contribution >= 4 is 25.0 Å². The van der Waals surface area contributed by atoms with Crippen molar-refractivity contribution in [3.8, 4) is 44.9 Å². The van der Waals surface area contributed by atoms with Gasteiger partial charge in [0.15, 0.2) is 31.3 Å². The molecule has 0 fully saturated rings. The summed E-state index contributed by atoms with van der Waals surface area (Å²) in [6, 6.07) is 38.8. The first-order valence-electron chi connectivity index (χ1n) is 14.8. The zero-order chi connectivity index (χ0) is 40.6. The Morgan fingerprint density at radius 2 is 1.06 bits per heavy atom. The molecule has 4 heterocycles. The number of pyridine rings is 4. The van der Waals surface area contributed by atoms with Crippen LogP contribution in [0.15, 0.2) is 134 Å². The fraction of sp³-hybridized carbons (Fsp3) is 0.0588. The number of hydrogen-bond acceptors (Lipinski definition) is 2. The van der Waals surface area contributed by atoms with Gasteiger partial charge in [-0.15, -0.1) is 35.9 Å². The summed E-state index contributed by atoms with van der Waals surface area (Å²) >= 11 is 1.61. The van der Waals surface area contributed by atoms with E-state index in [2.05, 4.69) is 110 Å². The van der Waals surface area contributed by atoms with Crippen LogP contribution in [-0.2, 0) is 32.4 Å². The first kappa shape index (κ1) is 44.4. The van der Waals surface area contributed by atoms with Crippen LogP contribution in [0.3, 0.4) is 0 Å². The van der Waals surface area contributed by atoms with Gasteiger partial charge in [0.1, 0.15) is 7.05 Å². The van der Waals surface area contributed by atoms with E-state index >= 15 is 0 Å². The number of rotatable bonds is 6. The molecule has 0 bridgehead atoms. The van der Waals surface area contributed by atoms with Gasteiger partial charge < -0.3 is 0 Å². The predicted molar refractivity (Wildman–Crippen MR) is 183 cm³/mol. The van der Waals surface area contributed by atoms with E-state index in [1.165, 1.54) is 16.7 Å². The van der Waals surface area contributed by atoms with Crippen molar-refractivity contribution in [2.75, 3.05) is 0 Å². The van der Waals surface area contributed by atoms with Crippen molar-refractivity contribution in [2.24, 2.45) is 7.05 Å². The molecule has 0 saturated carbocycles. The Morgan fingerprint density at radius 3 is 1.54 bits per heavy atom. The molecule has 0 aliphatic heterocycles. The molecule has 0 aliphatic carbocycles. The van der Waals surface area contributed by atoms with Gasteiger partial charge in [0, 0.05) is 36.0 Å². The van der Waals surface area contributed by atoms with Gasteiger partial charge in [-0.2, -0.15) is 0 Å². The molecule has 20 heteroatoms. The maximum absolute atomic E-state index is 10.7. The molecule has 294 valence electrons. The second kappa shape index (κ2) is 15.6. The molecule has 0 N–H and O–H groups in total. The summed E-state index contributed by atoms with van der Waals surface area (Å²) in [6.07, 6.45) is 10.2. The topological polar surface area (TPSA) is 33.5 Å². The third-order valence-electron chi connectivity index (χ3n) is 6.59. The van der Waals surface area contributed by atoms with Crippen molar-refractivity contribution in [1.82, 2.24) is 9.97 Å². The summed E-state index contributed by atoms with van der Waals surface area (Å²) < 4.78 is 123. The Hall–Kier alpha value is -3.96. The second-order valence-corrected chi connectivity index (χ2v) is 15.1. The molecule has 4 nitrogen and oxygen atoms in total. The van der Waals surface area contributed by atoms with Crippen molar-refractivity contribution in [2.45, 2.75) is 6.54 Å². The van der Waals surface area contributed by atoms with Gasteiger partial charge in [-0.25, -0.2) is 9.13 Å². The number of aryl methyl sites for hydroxylation is 1. The maximum atomic E-state index is 9.87. The Labute approximate surface area is 316 Å². The van der Waals surface area contributed by atoms with Gasteiger partial charge in [0.25, 0.3) is 0 Å². The van der Waals surface area contributed by atoms with Gasteiger partial charge >= 0.3 is 94.2 Å². The molecule has 0 spiro atoms. The van der Waals surface area contributed by atoms with Crippen molar-refractivity contribution in [1.29, 1.82) is 0 Å². The third-order valence-corrected chi connectivity index (χ3v) is 6.59. The van der Waals surface area contributed by atoms with Crippen LogP contribution in [0.2, 0.25) is 0 Å². The standard InChI is InChI=1S/C34H27N4.ClH.2F6P.Pt/c1-37-19-14-28(15-20-37)29-16-21-38(22-17-29)25-26-10-12-27(13-11-26)31-23-33(30-7-3-2-4-8-30)36-34(24-31)32-9-5-6-18-35-32;;2*1-7(2,3,4,5)6;/h2-7,9-24H,25H2,1H3;1H;;;/q+1;;2*-1;+2/p-1. The Morgan fingerprint density at radius 1 is 0.574 bits per heavy atom. The fourth-order valence-electron chi connectivity index (χ4n) is 4.50. The average molecular weight is 1010 g/mol. The van der Waals surface area contributed by atoms with Crippen LogP contribution < -0.4 is 9.13 Å². The van der Waals surface area contributed by atoms with E-state index < -0.39 is 15.6 Å². The van der Waals surface area contributed by atoms with Crippen LogP contribution in [0.5, 0.6) is 0 Å². The molecule has 54 heavy (non-hydrogen) atoms. The third kappa shape index (κ3) is 19.4. The van der Waals surface area contributed by atoms with E-state index in [4.69, 9.17) is 4.98 Å². The van der Waals surface area contributed by atoms with Gasteiger partial charge in [0.2, 0.25) is 0 Å². The van der Waals surface area contributed by atoms with E-state index in [0.717, 1.165) is 40.3 Å². The molecule has 0 aliphatic rings. The normalized spacial score (nSPS) is 13.8. The molecule has 2 aromatic carbocycles. The zero-order valence-corrected chi connectivity index (χ0v) is 32.1. The van der Waals surface area contributed by atoms with Crippen LogP contribution in [0.25, 0.3) is 44.9 Å². The van der Waals surface area contributed by atoms with Crippen molar-refractivity contribution in [3.05, 3.63) is 146 Å². The summed E-state index contributed by atoms with van der Waals surface area (Å²) in [7, 11) is -14.7. The average Bonchev–Trinajstić information content (AvgIpc) is 3.08. The van der Waals surface area contributed by atoms with Gasteiger partial charge in [-0.05, 0) is 46.1 Å². The number of benzene rings is 2. The second-order valence-electron chi connectivity index (χ2n) is 11.2. The SMILES string of the molecule is C[n+]1ccc(-c2cc[n+](Cc3ccc(-c4cc(-c5[c-]cccc5)nc(-c5ccccn5)c4)cc3)cc2)cc1.F[P-](F)(F)(F)(F)F.F[P-](F)(F)(F)(F)F.[Cl][Pt+]. The molecular weight excluding hydrogens is 985 g/mol. The number of nitrogens with zero attached hydrogens (tertiary/aromatic N) is 4. The van der Waals surface area contributed by atoms with E-state index in [1.807, 2.05) is 54.1 Å². The molecular formula is C34H27ClF12N4P2Pt. The molecule has 0 saturated heterocycles. The monoisotopic (exact) mass is 1010 g/mol. The van der Waals surface area contributed by atoms with Gasteiger partial charge in [-0.3, -0.25) is 9.97 Å². The molecule has 4 aromatic heterocycles. The molecule has 0 amide bonds. The fourth-order valence-corrected chi connectivity index (χ4v) is 4.50. The molecule has 0 atom stereocenters. The van der Waals surface area contributed by atoms with Crippen molar-refractivity contribution < 1.29 is 78.3 Å². The minimum absolute atomic E-state index is 0.810. The molecule has 0 unspecified atom stereocenters. The summed E-state index contributed by atoms with van der Waals surface area (Å²) in [5.74, 6) is 0. The van der Waals surface area contributed by atoms with Gasteiger partial charge in [-0.1, -0.05) is 36.4 Å². The van der Waals surface area contributed by atoms with E-state index in [1.54, 1.807) is 25.0 Å². The predicted octanol–water partition coefficient (Wildman–Crippen LogP) is 13.6. The Bertz CT molecular complexity index is 2020. The Kier molecular flexibility index (Phi) is 12.9. The summed E-state index contributed by atoms with van der Waals surface area (Å²) in [4.78, 5) is 9.44. The summed E-state index contributed by atoms with van der Waals surface area (Å²) in [5, 5.41) is 0. The van der Waals surface area contributed by atoms with E-state index in [0.29, 0.717) is 0 Å². The van der Waals surface area contributed by atoms with Crippen LogP contribution in [0.4, 0.5) is 50.4 Å². The quantitative estimate of drug-likeness (QED) is 0.0721. The van der Waals surface area contributed by atoms with Crippen LogP contribution >= 0.6 is 25.0 Å². The first-order chi connectivity index (χ1) is 24.6. The van der Waals surface area contributed by atoms with Gasteiger partial charge in [0.05, 0.1) is 11.4 Å². The van der Waals surface area contributed by atoms with E-state index in [9.17, 15) is 50.4 Å². The number of hydrogen-bond donors (Lipinski definition) is 0. The first-order valence-corrected chi connectivity index (χ1v) is 21.7. The van der Waals surface area contributed by atoms with Crippen molar-refractivity contribution in [3.63, 3.8) is 0 Å². The zero-order valence-electron chi connectivity index (χ0n) is 27.3. The molecule has 0 radical (unpaired) electrons. The van der Waals surface area contributed by atoms with Crippen LogP contribution in [0.1, 0.15) is 5.56 Å². The van der Waals surface area contributed by atoms with Crippen LogP contribution in [0, 0.1) is 6.07 Å².